The Labute approximate surface area is 118 Å². The average molecular weight is 287 g/mol. The molecule has 5 heteroatoms. The van der Waals surface area contributed by atoms with Crippen LogP contribution in [0.4, 0.5) is 0 Å². The molecule has 0 unspecified atom stereocenters. The molecule has 1 aromatic rings. The van der Waals surface area contributed by atoms with Crippen LogP contribution in [0.1, 0.15) is 55.3 Å². The zero-order chi connectivity index (χ0) is 15.2. The number of hydrogen-bond acceptors (Lipinski definition) is 3. The van der Waals surface area contributed by atoms with Crippen LogP contribution in [0.15, 0.2) is 18.2 Å². The monoisotopic (exact) mass is 286 g/mol. The average Bonchev–Trinajstić information content (AvgIpc) is 2.28. The molecule has 0 heterocycles. The Kier molecular flexibility index (Phi) is 6.56. The van der Waals surface area contributed by atoms with E-state index in [9.17, 15) is 9.59 Å². The molecule has 0 aliphatic heterocycles. The lowest BCUT2D eigenvalue weighted by Gasteiger charge is -2.20. The second-order valence-electron chi connectivity index (χ2n) is 4.47. The SMILES string of the molecule is CC.CC(C)(C)OC(=O)c1cccc(Cl)c1C(=O)O. The predicted molar refractivity (Wildman–Crippen MR) is 74.9 cm³/mol. The second-order valence-corrected chi connectivity index (χ2v) is 4.88. The van der Waals surface area contributed by atoms with E-state index in [2.05, 4.69) is 0 Å². The number of halogens is 1. The van der Waals surface area contributed by atoms with Crippen molar-refractivity contribution in [2.75, 3.05) is 0 Å². The lowest BCUT2D eigenvalue weighted by molar-refractivity contribution is 0.00658. The normalized spacial score (nSPS) is 10.2. The number of benzene rings is 1. The first-order chi connectivity index (χ1) is 8.72. The number of carbonyl (C=O) groups excluding carboxylic acids is 1. The summed E-state index contributed by atoms with van der Waals surface area (Å²) in [5.41, 5.74) is -0.960. The van der Waals surface area contributed by atoms with Crippen LogP contribution in [0.25, 0.3) is 0 Å². The number of aromatic carboxylic acids is 1. The second kappa shape index (κ2) is 7.14. The van der Waals surface area contributed by atoms with Crippen LogP contribution in [0, 0.1) is 0 Å². The molecule has 1 aromatic carbocycles. The van der Waals surface area contributed by atoms with E-state index in [0.717, 1.165) is 0 Å². The largest absolute Gasteiger partial charge is 0.478 e. The van der Waals surface area contributed by atoms with Crippen molar-refractivity contribution in [2.24, 2.45) is 0 Å². The van der Waals surface area contributed by atoms with Crippen molar-refractivity contribution in [2.45, 2.75) is 40.2 Å². The minimum Gasteiger partial charge on any atom is -0.478 e. The molecule has 106 valence electrons. The van der Waals surface area contributed by atoms with Crippen molar-refractivity contribution in [3.8, 4) is 0 Å². The van der Waals surface area contributed by atoms with Gasteiger partial charge in [0, 0.05) is 0 Å². The van der Waals surface area contributed by atoms with Gasteiger partial charge in [0.05, 0.1) is 16.1 Å². The number of hydrogen-bond donors (Lipinski definition) is 1. The van der Waals surface area contributed by atoms with Gasteiger partial charge in [0.25, 0.3) is 0 Å². The van der Waals surface area contributed by atoms with Crippen LogP contribution in [-0.4, -0.2) is 22.6 Å². The Bertz CT molecular complexity index is 461. The van der Waals surface area contributed by atoms with Crippen LogP contribution in [-0.2, 0) is 4.74 Å². The molecule has 0 atom stereocenters. The summed E-state index contributed by atoms with van der Waals surface area (Å²) in [6.45, 7) is 9.11. The zero-order valence-corrected chi connectivity index (χ0v) is 12.5. The highest BCUT2D eigenvalue weighted by atomic mass is 35.5. The smallest absolute Gasteiger partial charge is 0.339 e. The number of carboxylic acid groups (broad SMARTS) is 1. The molecular formula is C14H19ClO4. The van der Waals surface area contributed by atoms with Crippen LogP contribution in [0.3, 0.4) is 0 Å². The fraction of sp³-hybridized carbons (Fsp3) is 0.429. The van der Waals surface area contributed by atoms with Crippen molar-refractivity contribution in [1.82, 2.24) is 0 Å². The van der Waals surface area contributed by atoms with Gasteiger partial charge in [-0.25, -0.2) is 9.59 Å². The minimum atomic E-state index is -1.25. The van der Waals surface area contributed by atoms with Gasteiger partial charge in [-0.15, -0.1) is 0 Å². The van der Waals surface area contributed by atoms with E-state index in [0.29, 0.717) is 0 Å². The highest BCUT2D eigenvalue weighted by molar-refractivity contribution is 6.34. The van der Waals surface area contributed by atoms with Gasteiger partial charge in [-0.05, 0) is 32.9 Å². The third kappa shape index (κ3) is 5.30. The fourth-order valence-corrected chi connectivity index (χ4v) is 1.50. The number of esters is 1. The Hall–Kier alpha value is -1.55. The van der Waals surface area contributed by atoms with Gasteiger partial charge >= 0.3 is 11.9 Å². The van der Waals surface area contributed by atoms with Crippen molar-refractivity contribution < 1.29 is 19.4 Å². The molecule has 0 fully saturated rings. The van der Waals surface area contributed by atoms with Crippen molar-refractivity contribution >= 4 is 23.5 Å². The standard InChI is InChI=1S/C12H13ClO4.C2H6/c1-12(2,3)17-11(16)7-5-4-6-8(13)9(7)10(14)15;1-2/h4-6H,1-3H3,(H,14,15);1-2H3. The van der Waals surface area contributed by atoms with Gasteiger partial charge in [0.2, 0.25) is 0 Å². The first kappa shape index (κ1) is 17.4. The summed E-state index contributed by atoms with van der Waals surface area (Å²) < 4.78 is 5.11. The van der Waals surface area contributed by atoms with E-state index >= 15 is 0 Å². The maximum atomic E-state index is 11.8. The van der Waals surface area contributed by atoms with Gasteiger partial charge in [-0.1, -0.05) is 31.5 Å². The van der Waals surface area contributed by atoms with Crippen LogP contribution in [0.2, 0.25) is 5.02 Å². The summed E-state index contributed by atoms with van der Waals surface area (Å²) in [5.74, 6) is -1.95. The lowest BCUT2D eigenvalue weighted by Crippen LogP contribution is -2.25. The molecule has 0 aliphatic carbocycles. The van der Waals surface area contributed by atoms with Gasteiger partial charge in [-0.3, -0.25) is 0 Å². The lowest BCUT2D eigenvalue weighted by atomic mass is 10.1. The molecule has 0 saturated carbocycles. The summed E-state index contributed by atoms with van der Waals surface area (Å²) >= 11 is 5.75. The van der Waals surface area contributed by atoms with Crippen molar-refractivity contribution in [3.05, 3.63) is 34.3 Å². The first-order valence-electron chi connectivity index (χ1n) is 5.97. The topological polar surface area (TPSA) is 63.6 Å². The first-order valence-corrected chi connectivity index (χ1v) is 6.35. The molecular weight excluding hydrogens is 268 g/mol. The quantitative estimate of drug-likeness (QED) is 0.834. The van der Waals surface area contributed by atoms with E-state index in [4.69, 9.17) is 21.4 Å². The van der Waals surface area contributed by atoms with Crippen LogP contribution in [0.5, 0.6) is 0 Å². The molecule has 0 saturated heterocycles. The summed E-state index contributed by atoms with van der Waals surface area (Å²) in [6.07, 6.45) is 0. The molecule has 4 nitrogen and oxygen atoms in total. The third-order valence-electron chi connectivity index (χ3n) is 1.85. The van der Waals surface area contributed by atoms with Gasteiger partial charge in [-0.2, -0.15) is 0 Å². The summed E-state index contributed by atoms with van der Waals surface area (Å²) in [4.78, 5) is 22.8. The van der Waals surface area contributed by atoms with Crippen LogP contribution >= 0.6 is 11.6 Å². The predicted octanol–water partition coefficient (Wildman–Crippen LogP) is 4.02. The maximum absolute atomic E-state index is 11.8. The van der Waals surface area contributed by atoms with Crippen molar-refractivity contribution in [3.63, 3.8) is 0 Å². The molecule has 0 aromatic heterocycles. The number of carbonyl (C=O) groups is 2. The molecule has 1 rings (SSSR count). The number of carboxylic acids is 1. The molecule has 19 heavy (non-hydrogen) atoms. The molecule has 0 radical (unpaired) electrons. The molecule has 0 amide bonds. The molecule has 1 N–H and O–H groups in total. The third-order valence-corrected chi connectivity index (χ3v) is 2.16. The maximum Gasteiger partial charge on any atom is 0.339 e. The number of ether oxygens (including phenoxy) is 1. The summed E-state index contributed by atoms with van der Waals surface area (Å²) in [5, 5.41) is 9.02. The van der Waals surface area contributed by atoms with E-state index in [1.165, 1.54) is 18.2 Å². The highest BCUT2D eigenvalue weighted by Gasteiger charge is 2.24. The zero-order valence-electron chi connectivity index (χ0n) is 11.8. The summed E-state index contributed by atoms with van der Waals surface area (Å²) in [6, 6.07) is 4.30. The van der Waals surface area contributed by atoms with Crippen molar-refractivity contribution in [1.29, 1.82) is 0 Å². The Morgan fingerprint density at radius 1 is 1.21 bits per heavy atom. The van der Waals surface area contributed by atoms with E-state index in [1.54, 1.807) is 20.8 Å². The fourth-order valence-electron chi connectivity index (χ4n) is 1.24. The van der Waals surface area contributed by atoms with Gasteiger partial charge in [0.1, 0.15) is 5.60 Å². The van der Waals surface area contributed by atoms with Gasteiger partial charge < -0.3 is 9.84 Å². The minimum absolute atomic E-state index is 0.0147. The Morgan fingerprint density at radius 2 is 1.74 bits per heavy atom. The molecule has 0 bridgehead atoms. The Morgan fingerprint density at radius 3 is 2.16 bits per heavy atom. The van der Waals surface area contributed by atoms with Crippen LogP contribution < -0.4 is 0 Å². The molecule has 0 spiro atoms. The molecule has 0 aliphatic rings. The Balaban J connectivity index is 0.00000154. The summed E-state index contributed by atoms with van der Waals surface area (Å²) in [7, 11) is 0. The highest BCUT2D eigenvalue weighted by Crippen LogP contribution is 2.22. The van der Waals surface area contributed by atoms with E-state index < -0.39 is 17.5 Å². The van der Waals surface area contributed by atoms with Gasteiger partial charge in [0.15, 0.2) is 0 Å². The van der Waals surface area contributed by atoms with E-state index in [1.807, 2.05) is 13.8 Å². The number of rotatable bonds is 2. The van der Waals surface area contributed by atoms with E-state index in [-0.39, 0.29) is 16.1 Å².